The highest BCUT2D eigenvalue weighted by Gasteiger charge is 2.27. The van der Waals surface area contributed by atoms with E-state index in [0.717, 1.165) is 24.2 Å². The van der Waals surface area contributed by atoms with E-state index in [0.29, 0.717) is 0 Å². The molecule has 0 aromatic carbocycles. The smallest absolute Gasteiger partial charge is 0.305 e. The van der Waals surface area contributed by atoms with Crippen LogP contribution in [-0.2, 0) is 17.3 Å². The number of carbonyl (C=O) groups is 1. The predicted molar refractivity (Wildman–Crippen MR) is 75.2 cm³/mol. The van der Waals surface area contributed by atoms with Gasteiger partial charge in [0, 0.05) is 30.3 Å². The Morgan fingerprint density at radius 1 is 1.53 bits per heavy atom. The molecule has 1 heterocycles. The number of rotatable bonds is 6. The Hall–Kier alpha value is -1.36. The van der Waals surface area contributed by atoms with E-state index in [4.69, 9.17) is 5.11 Å². The van der Waals surface area contributed by atoms with E-state index in [9.17, 15) is 4.79 Å². The Kier molecular flexibility index (Phi) is 5.11. The van der Waals surface area contributed by atoms with Crippen molar-refractivity contribution in [3.05, 3.63) is 17.5 Å². The molecule has 2 N–H and O–H groups in total. The predicted octanol–water partition coefficient (Wildman–Crippen LogP) is 2.23. The van der Waals surface area contributed by atoms with Gasteiger partial charge in [-0.15, -0.1) is 0 Å². The van der Waals surface area contributed by atoms with Gasteiger partial charge in [0.1, 0.15) is 0 Å². The number of carboxylic acid groups (broad SMARTS) is 1. The number of aryl methyl sites for hydroxylation is 1. The summed E-state index contributed by atoms with van der Waals surface area (Å²) in [6.07, 6.45) is 2.98. The van der Waals surface area contributed by atoms with Crippen LogP contribution in [0, 0.1) is 0 Å². The molecule has 0 saturated heterocycles. The lowest BCUT2D eigenvalue weighted by atomic mass is 9.87. The topological polar surface area (TPSA) is 67.2 Å². The Morgan fingerprint density at radius 2 is 2.16 bits per heavy atom. The van der Waals surface area contributed by atoms with Crippen LogP contribution in [0.1, 0.15) is 57.8 Å². The van der Waals surface area contributed by atoms with Gasteiger partial charge in [-0.3, -0.25) is 9.48 Å². The highest BCUT2D eigenvalue weighted by atomic mass is 16.4. The molecule has 5 nitrogen and oxygen atoms in total. The van der Waals surface area contributed by atoms with Gasteiger partial charge in [-0.05, 0) is 13.0 Å². The van der Waals surface area contributed by atoms with Crippen LogP contribution in [0.3, 0.4) is 0 Å². The number of nitrogens with zero attached hydrogens (tertiary/aromatic N) is 2. The van der Waals surface area contributed by atoms with Crippen molar-refractivity contribution < 1.29 is 9.90 Å². The minimum atomic E-state index is -0.794. The first-order chi connectivity index (χ1) is 8.75. The largest absolute Gasteiger partial charge is 0.481 e. The second-order valence-electron chi connectivity index (χ2n) is 5.96. The molecule has 1 aromatic rings. The molecular formula is C14H25N3O2. The van der Waals surface area contributed by atoms with Crippen LogP contribution in [-0.4, -0.2) is 27.4 Å². The summed E-state index contributed by atoms with van der Waals surface area (Å²) in [5.41, 5.74) is 1.86. The third kappa shape index (κ3) is 4.35. The van der Waals surface area contributed by atoms with Crippen LogP contribution in [0.25, 0.3) is 0 Å². The average molecular weight is 267 g/mol. The normalized spacial score (nSPS) is 13.5. The number of hydrogen-bond acceptors (Lipinski definition) is 3. The van der Waals surface area contributed by atoms with Crippen molar-refractivity contribution in [2.75, 3.05) is 6.54 Å². The monoisotopic (exact) mass is 267 g/mol. The summed E-state index contributed by atoms with van der Waals surface area (Å²) in [6, 6.07) is -0.180. The molecule has 0 aliphatic rings. The van der Waals surface area contributed by atoms with E-state index in [-0.39, 0.29) is 17.9 Å². The van der Waals surface area contributed by atoms with Crippen molar-refractivity contribution in [3.63, 3.8) is 0 Å². The molecule has 0 spiro atoms. The molecule has 0 fully saturated rings. The van der Waals surface area contributed by atoms with E-state index in [1.165, 1.54) is 0 Å². The Labute approximate surface area is 115 Å². The van der Waals surface area contributed by atoms with E-state index < -0.39 is 5.97 Å². The minimum Gasteiger partial charge on any atom is -0.481 e. The van der Waals surface area contributed by atoms with Crippen LogP contribution in [0.15, 0.2) is 6.20 Å². The first-order valence-corrected chi connectivity index (χ1v) is 6.75. The van der Waals surface area contributed by atoms with Crippen molar-refractivity contribution in [1.29, 1.82) is 0 Å². The van der Waals surface area contributed by atoms with Crippen molar-refractivity contribution in [1.82, 2.24) is 15.1 Å². The molecule has 0 amide bonds. The van der Waals surface area contributed by atoms with E-state index >= 15 is 0 Å². The zero-order chi connectivity index (χ0) is 14.6. The van der Waals surface area contributed by atoms with Crippen LogP contribution >= 0.6 is 0 Å². The van der Waals surface area contributed by atoms with Gasteiger partial charge in [0.25, 0.3) is 0 Å². The fraction of sp³-hybridized carbons (Fsp3) is 0.714. The van der Waals surface area contributed by atoms with Crippen molar-refractivity contribution >= 4 is 5.97 Å². The average Bonchev–Trinajstić information content (AvgIpc) is 2.65. The third-order valence-corrected chi connectivity index (χ3v) is 2.96. The lowest BCUT2D eigenvalue weighted by molar-refractivity contribution is -0.137. The van der Waals surface area contributed by atoms with Gasteiger partial charge in [-0.1, -0.05) is 27.7 Å². The number of carboxylic acids is 1. The molecule has 0 saturated carbocycles. The second-order valence-corrected chi connectivity index (χ2v) is 5.96. The van der Waals surface area contributed by atoms with E-state index in [1.54, 1.807) is 4.68 Å². The number of hydrogen-bond donors (Lipinski definition) is 2. The van der Waals surface area contributed by atoms with Gasteiger partial charge in [-0.2, -0.15) is 5.10 Å². The minimum absolute atomic E-state index is 0.0781. The summed E-state index contributed by atoms with van der Waals surface area (Å²) in [4.78, 5) is 11.0. The fourth-order valence-corrected chi connectivity index (χ4v) is 2.13. The molecule has 0 radical (unpaired) electrons. The summed E-state index contributed by atoms with van der Waals surface area (Å²) >= 11 is 0. The SMILES string of the molecule is CCCNC(CC(=O)O)c1cn(C)nc1C(C)(C)C. The molecule has 1 aromatic heterocycles. The molecule has 0 aliphatic heterocycles. The molecule has 0 aliphatic carbocycles. The number of aromatic nitrogens is 2. The summed E-state index contributed by atoms with van der Waals surface area (Å²) < 4.78 is 1.76. The fourth-order valence-electron chi connectivity index (χ4n) is 2.13. The van der Waals surface area contributed by atoms with Crippen LogP contribution < -0.4 is 5.32 Å². The van der Waals surface area contributed by atoms with Crippen molar-refractivity contribution in [3.8, 4) is 0 Å². The first-order valence-electron chi connectivity index (χ1n) is 6.75. The summed E-state index contributed by atoms with van der Waals surface area (Å²) in [5.74, 6) is -0.794. The Bertz CT molecular complexity index is 432. The Balaban J connectivity index is 3.10. The van der Waals surface area contributed by atoms with E-state index in [1.807, 2.05) is 13.2 Å². The van der Waals surface area contributed by atoms with Crippen LogP contribution in [0.5, 0.6) is 0 Å². The van der Waals surface area contributed by atoms with Gasteiger partial charge in [0.15, 0.2) is 0 Å². The highest BCUT2D eigenvalue weighted by molar-refractivity contribution is 5.68. The molecule has 1 rings (SSSR count). The number of nitrogens with one attached hydrogen (secondary N) is 1. The quantitative estimate of drug-likeness (QED) is 0.829. The van der Waals surface area contributed by atoms with Gasteiger partial charge in [0.05, 0.1) is 12.1 Å². The van der Waals surface area contributed by atoms with Gasteiger partial charge in [-0.25, -0.2) is 0 Å². The first kappa shape index (κ1) is 15.7. The zero-order valence-corrected chi connectivity index (χ0v) is 12.5. The molecule has 0 bridgehead atoms. The maximum Gasteiger partial charge on any atom is 0.305 e. The summed E-state index contributed by atoms with van der Waals surface area (Å²) in [7, 11) is 1.87. The molecule has 19 heavy (non-hydrogen) atoms. The maximum atomic E-state index is 11.0. The van der Waals surface area contributed by atoms with Crippen LogP contribution in [0.2, 0.25) is 0 Å². The van der Waals surface area contributed by atoms with Crippen LogP contribution in [0.4, 0.5) is 0 Å². The lowest BCUT2D eigenvalue weighted by Gasteiger charge is -2.22. The van der Waals surface area contributed by atoms with Gasteiger partial charge >= 0.3 is 5.97 Å². The standard InChI is InChI=1S/C14H25N3O2/c1-6-7-15-11(8-12(18)19)10-9-17(5)16-13(10)14(2,3)4/h9,11,15H,6-8H2,1-5H3,(H,18,19). The zero-order valence-electron chi connectivity index (χ0n) is 12.5. The highest BCUT2D eigenvalue weighted by Crippen LogP contribution is 2.29. The second kappa shape index (κ2) is 6.19. The molecule has 1 unspecified atom stereocenters. The summed E-state index contributed by atoms with van der Waals surface area (Å²) in [5, 5.41) is 16.9. The van der Waals surface area contributed by atoms with Crippen molar-refractivity contribution in [2.45, 2.75) is 52.0 Å². The summed E-state index contributed by atoms with van der Waals surface area (Å²) in [6.45, 7) is 9.15. The molecule has 108 valence electrons. The number of aliphatic carboxylic acids is 1. The maximum absolute atomic E-state index is 11.0. The Morgan fingerprint density at radius 3 is 2.63 bits per heavy atom. The van der Waals surface area contributed by atoms with E-state index in [2.05, 4.69) is 38.1 Å². The molecular weight excluding hydrogens is 242 g/mol. The lowest BCUT2D eigenvalue weighted by Crippen LogP contribution is -2.27. The molecule has 1 atom stereocenters. The van der Waals surface area contributed by atoms with Crippen molar-refractivity contribution in [2.24, 2.45) is 7.05 Å². The van der Waals surface area contributed by atoms with Gasteiger partial charge in [0.2, 0.25) is 0 Å². The van der Waals surface area contributed by atoms with Gasteiger partial charge < -0.3 is 10.4 Å². The molecule has 5 heteroatoms. The third-order valence-electron chi connectivity index (χ3n) is 2.96.